The van der Waals surface area contributed by atoms with Gasteiger partial charge in [-0.05, 0) is 55.0 Å². The fourth-order valence-electron chi connectivity index (χ4n) is 4.41. The predicted molar refractivity (Wildman–Crippen MR) is 115 cm³/mol. The number of sulfonamides is 1. The Bertz CT molecular complexity index is 1040. The summed E-state index contributed by atoms with van der Waals surface area (Å²) in [4.78, 5) is 15.2. The number of amides is 1. The predicted octanol–water partition coefficient (Wildman–Crippen LogP) is 2.99. The molecular formula is C23H28N2O4S. The fraction of sp³-hybridized carbons (Fsp3) is 0.435. The summed E-state index contributed by atoms with van der Waals surface area (Å²) >= 11 is 0. The van der Waals surface area contributed by atoms with Gasteiger partial charge in [0.25, 0.3) is 0 Å². The van der Waals surface area contributed by atoms with E-state index < -0.39 is 10.0 Å². The van der Waals surface area contributed by atoms with E-state index in [1.54, 1.807) is 12.1 Å². The molecule has 2 aliphatic rings. The quantitative estimate of drug-likeness (QED) is 0.751. The summed E-state index contributed by atoms with van der Waals surface area (Å²) in [6.07, 6.45) is 1.97. The van der Waals surface area contributed by atoms with E-state index in [4.69, 9.17) is 4.74 Å². The first-order valence-electron chi connectivity index (χ1n) is 10.4. The first kappa shape index (κ1) is 20.9. The molecule has 1 amide bonds. The van der Waals surface area contributed by atoms with Crippen molar-refractivity contribution >= 4 is 15.9 Å². The highest BCUT2D eigenvalue weighted by molar-refractivity contribution is 7.89. The van der Waals surface area contributed by atoms with Crippen molar-refractivity contribution in [3.63, 3.8) is 0 Å². The molecule has 0 saturated carbocycles. The lowest BCUT2D eigenvalue weighted by atomic mass is 9.94. The number of aryl methyl sites for hydroxylation is 1. The first-order valence-corrected chi connectivity index (χ1v) is 11.8. The molecule has 2 aromatic rings. The molecule has 0 radical (unpaired) electrons. The minimum Gasteiger partial charge on any atom is -0.495 e. The van der Waals surface area contributed by atoms with Gasteiger partial charge in [0.1, 0.15) is 10.6 Å². The van der Waals surface area contributed by atoms with Crippen LogP contribution in [0.3, 0.4) is 0 Å². The van der Waals surface area contributed by atoms with Crippen molar-refractivity contribution in [2.45, 2.75) is 37.6 Å². The highest BCUT2D eigenvalue weighted by Crippen LogP contribution is 2.31. The van der Waals surface area contributed by atoms with Gasteiger partial charge in [0, 0.05) is 32.1 Å². The van der Waals surface area contributed by atoms with E-state index in [0.717, 1.165) is 18.5 Å². The molecule has 160 valence electrons. The Morgan fingerprint density at radius 2 is 1.73 bits per heavy atom. The Morgan fingerprint density at radius 3 is 2.43 bits per heavy atom. The molecule has 0 N–H and O–H groups in total. The molecule has 0 atom stereocenters. The lowest BCUT2D eigenvalue weighted by Crippen LogP contribution is -2.45. The molecule has 0 aromatic heterocycles. The summed E-state index contributed by atoms with van der Waals surface area (Å²) in [7, 11) is -2.18. The van der Waals surface area contributed by atoms with Gasteiger partial charge in [-0.3, -0.25) is 4.79 Å². The van der Waals surface area contributed by atoms with Gasteiger partial charge in [-0.15, -0.1) is 0 Å². The maximum Gasteiger partial charge on any atom is 0.246 e. The second-order valence-corrected chi connectivity index (χ2v) is 10.0. The Balaban J connectivity index is 1.43. The van der Waals surface area contributed by atoms with Gasteiger partial charge in [0.05, 0.1) is 7.11 Å². The normalized spacial score (nSPS) is 18.1. The molecule has 0 aliphatic carbocycles. The summed E-state index contributed by atoms with van der Waals surface area (Å²) < 4.78 is 33.1. The summed E-state index contributed by atoms with van der Waals surface area (Å²) in [5, 5.41) is 0. The Kier molecular flexibility index (Phi) is 5.84. The highest BCUT2D eigenvalue weighted by Gasteiger charge is 2.35. The van der Waals surface area contributed by atoms with Crippen LogP contribution in [-0.4, -0.2) is 50.3 Å². The molecule has 7 heteroatoms. The first-order chi connectivity index (χ1) is 14.4. The third kappa shape index (κ3) is 3.96. The number of carbonyl (C=O) groups excluding carboxylic acids is 1. The standard InChI is InChI=1S/C23H28N2O4S/c1-17-7-8-21(29-2)22(15-17)30(27,28)25-13-10-19(11-14-25)23(26)24-12-9-18-5-3-4-6-20(18)16-24/h3-8,15,19H,9-14,16H2,1-2H3. The second kappa shape index (κ2) is 8.40. The van der Waals surface area contributed by atoms with Crippen LogP contribution < -0.4 is 4.74 Å². The Morgan fingerprint density at radius 1 is 1.03 bits per heavy atom. The molecule has 0 bridgehead atoms. The van der Waals surface area contributed by atoms with Gasteiger partial charge in [0.15, 0.2) is 0 Å². The van der Waals surface area contributed by atoms with E-state index in [9.17, 15) is 13.2 Å². The van der Waals surface area contributed by atoms with Gasteiger partial charge in [0.2, 0.25) is 15.9 Å². The summed E-state index contributed by atoms with van der Waals surface area (Å²) in [5.74, 6) is 0.376. The van der Waals surface area contributed by atoms with Gasteiger partial charge in [-0.2, -0.15) is 4.31 Å². The molecule has 2 heterocycles. The second-order valence-electron chi connectivity index (χ2n) is 8.11. The zero-order valence-corrected chi connectivity index (χ0v) is 18.3. The molecule has 1 saturated heterocycles. The number of rotatable bonds is 4. The summed E-state index contributed by atoms with van der Waals surface area (Å²) in [6.45, 7) is 3.93. The molecule has 2 aromatic carbocycles. The van der Waals surface area contributed by atoms with Gasteiger partial charge in [-0.25, -0.2) is 8.42 Å². The molecule has 30 heavy (non-hydrogen) atoms. The third-order valence-corrected chi connectivity index (χ3v) is 8.10. The molecule has 2 aliphatic heterocycles. The number of hydrogen-bond donors (Lipinski definition) is 0. The lowest BCUT2D eigenvalue weighted by Gasteiger charge is -2.35. The van der Waals surface area contributed by atoms with Crippen LogP contribution in [0.2, 0.25) is 0 Å². The van der Waals surface area contributed by atoms with Crippen molar-refractivity contribution in [2.24, 2.45) is 5.92 Å². The maximum atomic E-state index is 13.2. The van der Waals surface area contributed by atoms with Gasteiger partial charge in [-0.1, -0.05) is 30.3 Å². The van der Waals surface area contributed by atoms with Crippen molar-refractivity contribution in [2.75, 3.05) is 26.7 Å². The van der Waals surface area contributed by atoms with E-state index >= 15 is 0 Å². The highest BCUT2D eigenvalue weighted by atomic mass is 32.2. The van der Waals surface area contributed by atoms with Gasteiger partial charge >= 0.3 is 0 Å². The van der Waals surface area contributed by atoms with Crippen molar-refractivity contribution < 1.29 is 17.9 Å². The zero-order chi connectivity index (χ0) is 21.3. The number of carbonyl (C=O) groups is 1. The van der Waals surface area contributed by atoms with E-state index in [1.165, 1.54) is 22.5 Å². The van der Waals surface area contributed by atoms with E-state index in [-0.39, 0.29) is 16.7 Å². The molecule has 0 spiro atoms. The Labute approximate surface area is 178 Å². The smallest absolute Gasteiger partial charge is 0.246 e. The SMILES string of the molecule is COc1ccc(C)cc1S(=O)(=O)N1CCC(C(=O)N2CCc3ccccc3C2)CC1. The maximum absolute atomic E-state index is 13.2. The number of fused-ring (bicyclic) bond motifs is 1. The number of nitrogens with zero attached hydrogens (tertiary/aromatic N) is 2. The largest absolute Gasteiger partial charge is 0.495 e. The molecule has 4 rings (SSSR count). The molecule has 1 fully saturated rings. The van der Waals surface area contributed by atoms with Crippen LogP contribution >= 0.6 is 0 Å². The lowest BCUT2D eigenvalue weighted by molar-refractivity contribution is -0.137. The zero-order valence-electron chi connectivity index (χ0n) is 17.5. The van der Waals surface area contributed by atoms with E-state index in [2.05, 4.69) is 12.1 Å². The van der Waals surface area contributed by atoms with Gasteiger partial charge < -0.3 is 9.64 Å². The number of hydrogen-bond acceptors (Lipinski definition) is 4. The van der Waals surface area contributed by atoms with Crippen LogP contribution in [0, 0.1) is 12.8 Å². The van der Waals surface area contributed by atoms with Crippen molar-refractivity contribution in [1.29, 1.82) is 0 Å². The number of methoxy groups -OCH3 is 1. The topological polar surface area (TPSA) is 66.9 Å². The monoisotopic (exact) mass is 428 g/mol. The average Bonchev–Trinajstić information content (AvgIpc) is 2.78. The van der Waals surface area contributed by atoms with Crippen molar-refractivity contribution in [3.05, 3.63) is 59.2 Å². The van der Waals surface area contributed by atoms with Crippen LogP contribution in [0.5, 0.6) is 5.75 Å². The van der Waals surface area contributed by atoms with Crippen LogP contribution in [0.25, 0.3) is 0 Å². The van der Waals surface area contributed by atoms with Crippen LogP contribution in [0.15, 0.2) is 47.4 Å². The summed E-state index contributed by atoms with van der Waals surface area (Å²) in [5.41, 5.74) is 3.39. The number of piperidine rings is 1. The molecular weight excluding hydrogens is 400 g/mol. The van der Waals surface area contributed by atoms with Crippen LogP contribution in [0.4, 0.5) is 0 Å². The van der Waals surface area contributed by atoms with Crippen LogP contribution in [-0.2, 0) is 27.8 Å². The minimum atomic E-state index is -3.66. The number of ether oxygens (including phenoxy) is 1. The average molecular weight is 429 g/mol. The molecule has 6 nitrogen and oxygen atoms in total. The Hall–Kier alpha value is -2.38. The molecule has 0 unspecified atom stereocenters. The fourth-order valence-corrected chi connectivity index (χ4v) is 6.12. The van der Waals surface area contributed by atoms with E-state index in [0.29, 0.717) is 38.2 Å². The van der Waals surface area contributed by atoms with Crippen molar-refractivity contribution in [3.8, 4) is 5.75 Å². The number of benzene rings is 2. The van der Waals surface area contributed by atoms with E-state index in [1.807, 2.05) is 30.0 Å². The van der Waals surface area contributed by atoms with Crippen LogP contribution in [0.1, 0.15) is 29.5 Å². The summed E-state index contributed by atoms with van der Waals surface area (Å²) in [6, 6.07) is 13.4. The minimum absolute atomic E-state index is 0.124. The third-order valence-electron chi connectivity index (χ3n) is 6.18. The van der Waals surface area contributed by atoms with Crippen molar-refractivity contribution in [1.82, 2.24) is 9.21 Å².